The van der Waals surface area contributed by atoms with Gasteiger partial charge in [0.2, 0.25) is 10.0 Å². The first kappa shape index (κ1) is 15.6. The molecule has 2 aliphatic rings. The fraction of sp³-hybridized carbons (Fsp3) is 0.538. The van der Waals surface area contributed by atoms with Crippen molar-refractivity contribution in [2.75, 3.05) is 18.8 Å². The molecule has 5 nitrogen and oxygen atoms in total. The maximum absolute atomic E-state index is 12.8. The second-order valence-corrected chi connectivity index (χ2v) is 8.83. The molecule has 2 fully saturated rings. The van der Waals surface area contributed by atoms with Crippen molar-refractivity contribution in [3.8, 4) is 0 Å². The van der Waals surface area contributed by atoms with Gasteiger partial charge in [-0.3, -0.25) is 0 Å². The number of halogens is 2. The number of nitrogen functional groups attached to an aromatic ring is 1. The lowest BCUT2D eigenvalue weighted by molar-refractivity contribution is 0.129. The van der Waals surface area contributed by atoms with Crippen molar-refractivity contribution in [1.82, 2.24) is 4.31 Å². The predicted molar refractivity (Wildman–Crippen MR) is 84.5 cm³/mol. The fourth-order valence-electron chi connectivity index (χ4n) is 3.30. The molecule has 116 valence electrons. The number of rotatable bonds is 2. The van der Waals surface area contributed by atoms with E-state index in [1.807, 2.05) is 0 Å². The number of hydrogen-bond donors (Lipinski definition) is 2. The first-order valence-electron chi connectivity index (χ1n) is 6.73. The van der Waals surface area contributed by atoms with E-state index in [0.717, 1.165) is 12.8 Å². The highest BCUT2D eigenvalue weighted by Gasteiger charge is 2.46. The van der Waals surface area contributed by atoms with Crippen molar-refractivity contribution in [3.63, 3.8) is 0 Å². The summed E-state index contributed by atoms with van der Waals surface area (Å²) in [6.45, 7) is 0.802. The van der Waals surface area contributed by atoms with Gasteiger partial charge in [0.15, 0.2) is 0 Å². The van der Waals surface area contributed by atoms with Gasteiger partial charge >= 0.3 is 0 Å². The summed E-state index contributed by atoms with van der Waals surface area (Å²) in [4.78, 5) is 0.0852. The van der Waals surface area contributed by atoms with Crippen molar-refractivity contribution in [2.24, 2.45) is 11.8 Å². The van der Waals surface area contributed by atoms with Gasteiger partial charge in [-0.2, -0.15) is 4.31 Å². The zero-order valence-electron chi connectivity index (χ0n) is 11.2. The second-order valence-electron chi connectivity index (χ2n) is 5.70. The van der Waals surface area contributed by atoms with Gasteiger partial charge in [-0.25, -0.2) is 8.42 Å². The molecule has 1 aliphatic heterocycles. The minimum atomic E-state index is -3.67. The van der Waals surface area contributed by atoms with Crippen LogP contribution in [0.3, 0.4) is 0 Å². The standard InChI is InChI=1S/C13H16BrClN2O3S/c14-13-10(16)3-8(15)4-12(13)21(19,20)17-5-7-1-2-11(18)9(7)6-17/h3-4,7,9,11,18H,1-2,5-6,16H2. The maximum Gasteiger partial charge on any atom is 0.244 e. The summed E-state index contributed by atoms with van der Waals surface area (Å²) in [6, 6.07) is 2.91. The van der Waals surface area contributed by atoms with Gasteiger partial charge in [-0.15, -0.1) is 0 Å². The van der Waals surface area contributed by atoms with Crippen LogP contribution >= 0.6 is 27.5 Å². The highest BCUT2D eigenvalue weighted by atomic mass is 79.9. The van der Waals surface area contributed by atoms with Crippen LogP contribution < -0.4 is 5.73 Å². The lowest BCUT2D eigenvalue weighted by Gasteiger charge is -2.19. The smallest absolute Gasteiger partial charge is 0.244 e. The molecule has 3 N–H and O–H groups in total. The lowest BCUT2D eigenvalue weighted by atomic mass is 10.00. The largest absolute Gasteiger partial charge is 0.398 e. The molecule has 0 aromatic heterocycles. The van der Waals surface area contributed by atoms with E-state index in [1.165, 1.54) is 16.4 Å². The Labute approximate surface area is 137 Å². The molecular weight excluding hydrogens is 380 g/mol. The normalized spacial score (nSPS) is 29.8. The summed E-state index contributed by atoms with van der Waals surface area (Å²) in [5.74, 6) is 0.278. The summed E-state index contributed by atoms with van der Waals surface area (Å²) >= 11 is 9.16. The van der Waals surface area contributed by atoms with Gasteiger partial charge in [-0.05, 0) is 46.8 Å². The fourth-order valence-corrected chi connectivity index (χ4v) is 6.09. The van der Waals surface area contributed by atoms with Gasteiger partial charge in [0.25, 0.3) is 0 Å². The first-order valence-corrected chi connectivity index (χ1v) is 9.34. The highest BCUT2D eigenvalue weighted by molar-refractivity contribution is 9.10. The zero-order valence-corrected chi connectivity index (χ0v) is 14.3. The first-order chi connectivity index (χ1) is 9.80. The average Bonchev–Trinajstić information content (AvgIpc) is 2.97. The Balaban J connectivity index is 1.96. The third kappa shape index (κ3) is 2.59. The SMILES string of the molecule is Nc1cc(Cl)cc(S(=O)(=O)N2CC3CCC(O)C3C2)c1Br. The molecule has 3 atom stereocenters. The second kappa shape index (κ2) is 5.38. The van der Waals surface area contributed by atoms with Gasteiger partial charge in [0.05, 0.1) is 15.5 Å². The molecule has 1 heterocycles. The van der Waals surface area contributed by atoms with Crippen molar-refractivity contribution in [1.29, 1.82) is 0 Å². The van der Waals surface area contributed by atoms with E-state index in [2.05, 4.69) is 15.9 Å². The van der Waals surface area contributed by atoms with Crippen LogP contribution in [0.2, 0.25) is 5.02 Å². The van der Waals surface area contributed by atoms with E-state index in [0.29, 0.717) is 23.2 Å². The van der Waals surface area contributed by atoms with Crippen molar-refractivity contribution >= 4 is 43.2 Å². The molecule has 1 aromatic carbocycles. The molecule has 3 unspecified atom stereocenters. The molecule has 21 heavy (non-hydrogen) atoms. The number of nitrogens with two attached hydrogens (primary N) is 1. The van der Waals surface area contributed by atoms with Crippen LogP contribution in [0.1, 0.15) is 12.8 Å². The van der Waals surface area contributed by atoms with E-state index < -0.39 is 16.1 Å². The number of benzene rings is 1. The Hall–Kier alpha value is -0.340. The Morgan fingerprint density at radius 1 is 1.33 bits per heavy atom. The van der Waals surface area contributed by atoms with E-state index in [1.54, 1.807) is 0 Å². The van der Waals surface area contributed by atoms with E-state index >= 15 is 0 Å². The molecule has 0 amide bonds. The van der Waals surface area contributed by atoms with E-state index in [-0.39, 0.29) is 21.8 Å². The van der Waals surface area contributed by atoms with E-state index in [9.17, 15) is 13.5 Å². The molecule has 1 aliphatic carbocycles. The molecule has 1 saturated carbocycles. The molecule has 1 saturated heterocycles. The van der Waals surface area contributed by atoms with Crippen LogP contribution in [0.15, 0.2) is 21.5 Å². The number of nitrogens with zero attached hydrogens (tertiary/aromatic N) is 1. The van der Waals surface area contributed by atoms with Crippen LogP contribution in [0.4, 0.5) is 5.69 Å². The van der Waals surface area contributed by atoms with E-state index in [4.69, 9.17) is 17.3 Å². The molecule has 0 bridgehead atoms. The molecule has 3 rings (SSSR count). The lowest BCUT2D eigenvalue weighted by Crippen LogP contribution is -2.31. The molecule has 1 aromatic rings. The van der Waals surface area contributed by atoms with Gasteiger partial charge in [0, 0.05) is 29.7 Å². The van der Waals surface area contributed by atoms with Gasteiger partial charge < -0.3 is 10.8 Å². The van der Waals surface area contributed by atoms with Crippen LogP contribution in [0.5, 0.6) is 0 Å². The number of hydrogen-bond acceptors (Lipinski definition) is 4. The highest BCUT2D eigenvalue weighted by Crippen LogP contribution is 2.41. The Morgan fingerprint density at radius 3 is 2.71 bits per heavy atom. The molecule has 0 radical (unpaired) electrons. The summed E-state index contributed by atoms with van der Waals surface area (Å²) in [6.07, 6.45) is 1.23. The van der Waals surface area contributed by atoms with Gasteiger partial charge in [0.1, 0.15) is 0 Å². The van der Waals surface area contributed by atoms with Gasteiger partial charge in [-0.1, -0.05) is 11.6 Å². The molecular formula is C13H16BrClN2O3S. The minimum absolute atomic E-state index is 0.0371. The predicted octanol–water partition coefficient (Wildman–Crippen LogP) is 2.08. The number of aliphatic hydroxyl groups is 1. The number of aliphatic hydroxyl groups excluding tert-OH is 1. The van der Waals surface area contributed by atoms with Crippen molar-refractivity contribution in [2.45, 2.75) is 23.8 Å². The topological polar surface area (TPSA) is 83.6 Å². The third-order valence-corrected chi connectivity index (χ3v) is 7.66. The number of fused-ring (bicyclic) bond motifs is 1. The summed E-state index contributed by atoms with van der Waals surface area (Å²) in [7, 11) is -3.67. The van der Waals surface area contributed by atoms with Crippen molar-refractivity contribution < 1.29 is 13.5 Å². The Kier molecular flexibility index (Phi) is 3.99. The van der Waals surface area contributed by atoms with Crippen LogP contribution in [-0.2, 0) is 10.0 Å². The summed E-state index contributed by atoms with van der Waals surface area (Å²) < 4.78 is 27.4. The summed E-state index contributed by atoms with van der Waals surface area (Å²) in [5.41, 5.74) is 6.07. The third-order valence-electron chi connectivity index (χ3n) is 4.44. The molecule has 8 heteroatoms. The van der Waals surface area contributed by atoms with Crippen LogP contribution in [0, 0.1) is 11.8 Å². The van der Waals surface area contributed by atoms with Crippen molar-refractivity contribution in [3.05, 3.63) is 21.6 Å². The quantitative estimate of drug-likeness (QED) is 0.751. The average molecular weight is 396 g/mol. The maximum atomic E-state index is 12.8. The molecule has 0 spiro atoms. The zero-order chi connectivity index (χ0) is 15.4. The Bertz CT molecular complexity index is 682. The minimum Gasteiger partial charge on any atom is -0.398 e. The number of anilines is 1. The number of sulfonamides is 1. The van der Waals surface area contributed by atoms with Crippen LogP contribution in [-0.4, -0.2) is 37.0 Å². The Morgan fingerprint density at radius 2 is 2.05 bits per heavy atom. The summed E-state index contributed by atoms with van der Waals surface area (Å²) in [5, 5.41) is 10.2. The van der Waals surface area contributed by atoms with Crippen LogP contribution in [0.25, 0.3) is 0 Å². The monoisotopic (exact) mass is 394 g/mol.